The average molecular weight is 272 g/mol. The molecule has 0 unspecified atom stereocenters. The molecule has 5 heteroatoms. The molecule has 0 fully saturated rings. The second kappa shape index (κ2) is 6.61. The van der Waals surface area contributed by atoms with E-state index in [2.05, 4.69) is 5.32 Å². The van der Waals surface area contributed by atoms with Crippen molar-refractivity contribution in [1.29, 1.82) is 0 Å². The van der Waals surface area contributed by atoms with Gasteiger partial charge in [-0.2, -0.15) is 0 Å². The quantitative estimate of drug-likeness (QED) is 0.835. The number of carboxylic acids is 1. The van der Waals surface area contributed by atoms with Gasteiger partial charge in [-0.15, -0.1) is 0 Å². The van der Waals surface area contributed by atoms with Gasteiger partial charge in [-0.05, 0) is 38.5 Å². The van der Waals surface area contributed by atoms with E-state index >= 15 is 0 Å². The molecule has 0 aliphatic rings. The molecule has 4 nitrogen and oxygen atoms in total. The predicted octanol–water partition coefficient (Wildman–Crippen LogP) is 2.69. The summed E-state index contributed by atoms with van der Waals surface area (Å²) in [6.45, 7) is 5.89. The van der Waals surface area contributed by atoms with Gasteiger partial charge in [-0.1, -0.05) is 17.7 Å². The standard InChI is InChI=1S/C13H18ClNO3/c1-8(2)18-11-5-4-10(12(14)6-11)7-15-9(3)13(16)17/h4-6,8-9,15H,7H2,1-3H3,(H,16,17)/t9-/m1/s1. The molecule has 0 spiro atoms. The van der Waals surface area contributed by atoms with Crippen LogP contribution in [0.25, 0.3) is 0 Å². The number of hydrogen-bond donors (Lipinski definition) is 2. The lowest BCUT2D eigenvalue weighted by Gasteiger charge is -2.13. The summed E-state index contributed by atoms with van der Waals surface area (Å²) in [5.74, 6) is -0.170. The molecule has 0 heterocycles. The predicted molar refractivity (Wildman–Crippen MR) is 71.2 cm³/mol. The molecule has 1 aromatic carbocycles. The van der Waals surface area contributed by atoms with Gasteiger partial charge in [0.2, 0.25) is 0 Å². The third-order valence-electron chi connectivity index (χ3n) is 2.37. The Morgan fingerprint density at radius 2 is 2.11 bits per heavy atom. The van der Waals surface area contributed by atoms with E-state index in [0.29, 0.717) is 17.3 Å². The lowest BCUT2D eigenvalue weighted by molar-refractivity contribution is -0.139. The molecule has 0 saturated carbocycles. The van der Waals surface area contributed by atoms with E-state index in [9.17, 15) is 4.79 Å². The highest BCUT2D eigenvalue weighted by Crippen LogP contribution is 2.23. The van der Waals surface area contributed by atoms with Crippen molar-refractivity contribution in [3.8, 4) is 5.75 Å². The number of halogens is 1. The second-order valence-electron chi connectivity index (χ2n) is 4.36. The van der Waals surface area contributed by atoms with Crippen LogP contribution in [0.15, 0.2) is 18.2 Å². The van der Waals surface area contributed by atoms with Crippen LogP contribution in [0.4, 0.5) is 0 Å². The minimum atomic E-state index is -0.883. The van der Waals surface area contributed by atoms with Crippen molar-refractivity contribution in [2.24, 2.45) is 0 Å². The van der Waals surface area contributed by atoms with Crippen molar-refractivity contribution < 1.29 is 14.6 Å². The van der Waals surface area contributed by atoms with Crippen LogP contribution < -0.4 is 10.1 Å². The first kappa shape index (κ1) is 14.8. The Morgan fingerprint density at radius 1 is 1.44 bits per heavy atom. The normalized spacial score (nSPS) is 12.5. The number of nitrogens with one attached hydrogen (secondary N) is 1. The maximum Gasteiger partial charge on any atom is 0.320 e. The van der Waals surface area contributed by atoms with E-state index in [0.717, 1.165) is 5.56 Å². The van der Waals surface area contributed by atoms with E-state index in [1.165, 1.54) is 0 Å². The molecule has 0 aromatic heterocycles. The molecule has 100 valence electrons. The van der Waals surface area contributed by atoms with Crippen molar-refractivity contribution in [2.75, 3.05) is 0 Å². The van der Waals surface area contributed by atoms with Crippen LogP contribution in [-0.4, -0.2) is 23.2 Å². The Bertz CT molecular complexity index is 421. The number of aliphatic carboxylic acids is 1. The van der Waals surface area contributed by atoms with E-state index in [1.54, 1.807) is 13.0 Å². The molecule has 0 amide bonds. The fourth-order valence-electron chi connectivity index (χ4n) is 1.37. The van der Waals surface area contributed by atoms with E-state index < -0.39 is 12.0 Å². The molecule has 0 saturated heterocycles. The van der Waals surface area contributed by atoms with Crippen LogP contribution in [-0.2, 0) is 11.3 Å². The SMILES string of the molecule is CC(C)Oc1ccc(CN[C@H](C)C(=O)O)c(Cl)c1. The molecule has 0 aliphatic heterocycles. The minimum absolute atomic E-state index is 0.0945. The van der Waals surface area contributed by atoms with Gasteiger partial charge in [0.05, 0.1) is 6.10 Å². The van der Waals surface area contributed by atoms with Gasteiger partial charge in [0, 0.05) is 11.6 Å². The maximum atomic E-state index is 10.7. The van der Waals surface area contributed by atoms with Crippen molar-refractivity contribution in [2.45, 2.75) is 39.5 Å². The number of carbonyl (C=O) groups is 1. The van der Waals surface area contributed by atoms with Gasteiger partial charge >= 0.3 is 5.97 Å². The van der Waals surface area contributed by atoms with Gasteiger partial charge < -0.3 is 15.2 Å². The fraction of sp³-hybridized carbons (Fsp3) is 0.462. The van der Waals surface area contributed by atoms with Gasteiger partial charge in [0.15, 0.2) is 0 Å². The zero-order chi connectivity index (χ0) is 13.7. The topological polar surface area (TPSA) is 58.6 Å². The highest BCUT2D eigenvalue weighted by Gasteiger charge is 2.11. The number of carboxylic acid groups (broad SMARTS) is 1. The van der Waals surface area contributed by atoms with Crippen molar-refractivity contribution in [3.05, 3.63) is 28.8 Å². The largest absolute Gasteiger partial charge is 0.491 e. The Labute approximate surface area is 112 Å². The first-order valence-electron chi connectivity index (χ1n) is 5.81. The van der Waals surface area contributed by atoms with E-state index in [1.807, 2.05) is 26.0 Å². The molecule has 18 heavy (non-hydrogen) atoms. The highest BCUT2D eigenvalue weighted by molar-refractivity contribution is 6.31. The smallest absolute Gasteiger partial charge is 0.320 e. The average Bonchev–Trinajstić information content (AvgIpc) is 2.26. The molecule has 1 aromatic rings. The summed E-state index contributed by atoms with van der Waals surface area (Å²) in [6, 6.07) is 4.80. The zero-order valence-corrected chi connectivity index (χ0v) is 11.5. The first-order valence-corrected chi connectivity index (χ1v) is 6.19. The van der Waals surface area contributed by atoms with Crippen LogP contribution >= 0.6 is 11.6 Å². The lowest BCUT2D eigenvalue weighted by atomic mass is 10.2. The van der Waals surface area contributed by atoms with Crippen LogP contribution in [0.1, 0.15) is 26.3 Å². The highest BCUT2D eigenvalue weighted by atomic mass is 35.5. The van der Waals surface area contributed by atoms with Gasteiger partial charge in [0.1, 0.15) is 11.8 Å². The summed E-state index contributed by atoms with van der Waals surface area (Å²) in [7, 11) is 0. The minimum Gasteiger partial charge on any atom is -0.491 e. The van der Waals surface area contributed by atoms with Crippen LogP contribution in [0, 0.1) is 0 Å². The van der Waals surface area contributed by atoms with Gasteiger partial charge in [0.25, 0.3) is 0 Å². The van der Waals surface area contributed by atoms with Crippen LogP contribution in [0.3, 0.4) is 0 Å². The molecule has 1 rings (SSSR count). The number of benzene rings is 1. The monoisotopic (exact) mass is 271 g/mol. The fourth-order valence-corrected chi connectivity index (χ4v) is 1.60. The van der Waals surface area contributed by atoms with Crippen LogP contribution in [0.5, 0.6) is 5.75 Å². The lowest BCUT2D eigenvalue weighted by Crippen LogP contribution is -2.33. The second-order valence-corrected chi connectivity index (χ2v) is 4.77. The molecule has 2 N–H and O–H groups in total. The molecule has 0 radical (unpaired) electrons. The molecule has 0 bridgehead atoms. The molecular formula is C13H18ClNO3. The first-order chi connectivity index (χ1) is 8.40. The van der Waals surface area contributed by atoms with Crippen molar-refractivity contribution >= 4 is 17.6 Å². The summed E-state index contributed by atoms with van der Waals surface area (Å²) < 4.78 is 5.51. The Kier molecular flexibility index (Phi) is 5.44. The Balaban J connectivity index is 2.65. The summed E-state index contributed by atoms with van der Waals surface area (Å²) >= 11 is 6.11. The zero-order valence-electron chi connectivity index (χ0n) is 10.7. The Morgan fingerprint density at radius 3 is 2.61 bits per heavy atom. The molecule has 1 atom stereocenters. The van der Waals surface area contributed by atoms with Gasteiger partial charge in [-0.3, -0.25) is 4.79 Å². The van der Waals surface area contributed by atoms with E-state index in [-0.39, 0.29) is 6.10 Å². The number of hydrogen-bond acceptors (Lipinski definition) is 3. The van der Waals surface area contributed by atoms with Crippen LogP contribution in [0.2, 0.25) is 5.02 Å². The summed E-state index contributed by atoms with van der Waals surface area (Å²) in [6.07, 6.45) is 0.0945. The number of ether oxygens (including phenoxy) is 1. The van der Waals surface area contributed by atoms with Crippen molar-refractivity contribution in [1.82, 2.24) is 5.32 Å². The summed E-state index contributed by atoms with van der Waals surface area (Å²) in [4.78, 5) is 10.7. The Hall–Kier alpha value is -1.26. The van der Waals surface area contributed by atoms with Gasteiger partial charge in [-0.25, -0.2) is 0 Å². The number of rotatable bonds is 6. The maximum absolute atomic E-state index is 10.7. The summed E-state index contributed by atoms with van der Waals surface area (Å²) in [5, 5.41) is 12.2. The third kappa shape index (κ3) is 4.55. The molecular weight excluding hydrogens is 254 g/mol. The van der Waals surface area contributed by atoms with E-state index in [4.69, 9.17) is 21.4 Å². The van der Waals surface area contributed by atoms with Crippen molar-refractivity contribution in [3.63, 3.8) is 0 Å². The molecule has 0 aliphatic carbocycles. The summed E-state index contributed by atoms with van der Waals surface area (Å²) in [5.41, 5.74) is 0.848. The third-order valence-corrected chi connectivity index (χ3v) is 2.72.